The van der Waals surface area contributed by atoms with Crippen LogP contribution in [0.2, 0.25) is 0 Å². The Hall–Kier alpha value is -3.79. The van der Waals surface area contributed by atoms with Crippen LogP contribution in [0.5, 0.6) is 11.5 Å². The van der Waals surface area contributed by atoms with Gasteiger partial charge in [-0.15, -0.1) is 0 Å². The summed E-state index contributed by atoms with van der Waals surface area (Å²) in [5.41, 5.74) is 3.96. The number of aliphatic imine (C=N–C) groups is 1. The lowest BCUT2D eigenvalue weighted by atomic mass is 10.2. The number of phenolic OH excluding ortho intramolecular Hbond substituents is 1. The van der Waals surface area contributed by atoms with Gasteiger partial charge >= 0.3 is 0 Å². The maximum Gasteiger partial charge on any atom is 0.271 e. The van der Waals surface area contributed by atoms with Crippen LogP contribution >= 0.6 is 15.9 Å². The second-order valence-electron chi connectivity index (χ2n) is 6.09. The first-order chi connectivity index (χ1) is 15.0. The summed E-state index contributed by atoms with van der Waals surface area (Å²) < 4.78 is 5.63. The predicted molar refractivity (Wildman–Crippen MR) is 121 cm³/mol. The Kier molecular flexibility index (Phi) is 7.28. The van der Waals surface area contributed by atoms with Gasteiger partial charge in [-0.05, 0) is 59.3 Å². The summed E-state index contributed by atoms with van der Waals surface area (Å²) in [6.45, 7) is 2.48. The van der Waals surface area contributed by atoms with Crippen LogP contribution in [0.3, 0.4) is 0 Å². The number of aromatic hydroxyl groups is 1. The van der Waals surface area contributed by atoms with Crippen molar-refractivity contribution in [2.75, 3.05) is 6.61 Å². The minimum absolute atomic E-state index is 0.162. The van der Waals surface area contributed by atoms with Crippen LogP contribution in [0.15, 0.2) is 75.4 Å². The molecule has 31 heavy (non-hydrogen) atoms. The Balaban J connectivity index is 1.89. The standard InChI is InChI=1S/C21H18BrN5O4/c1-2-31-17-8-6-15(7-9-17)25-21(19-5-3-4-10-23-19)26-24-13-14-11-16(27(29)30)12-18(22)20(14)28/h3-13,28H,2H2,1H3,(H,25,26). The van der Waals surface area contributed by atoms with Crippen molar-refractivity contribution in [2.45, 2.75) is 6.92 Å². The molecule has 0 spiro atoms. The molecule has 158 valence electrons. The number of benzene rings is 2. The molecule has 0 aliphatic rings. The van der Waals surface area contributed by atoms with Crippen LogP contribution in [0, 0.1) is 10.1 Å². The average Bonchev–Trinajstić information content (AvgIpc) is 2.77. The second-order valence-corrected chi connectivity index (χ2v) is 6.95. The van der Waals surface area contributed by atoms with Crippen molar-refractivity contribution in [1.82, 2.24) is 10.4 Å². The van der Waals surface area contributed by atoms with Gasteiger partial charge in [0.1, 0.15) is 17.2 Å². The third kappa shape index (κ3) is 5.86. The normalized spacial score (nSPS) is 11.5. The molecule has 9 nitrogen and oxygen atoms in total. The van der Waals surface area contributed by atoms with E-state index >= 15 is 0 Å². The molecule has 0 saturated heterocycles. The first kappa shape index (κ1) is 21.9. The van der Waals surface area contributed by atoms with Crippen LogP contribution in [0.1, 0.15) is 18.2 Å². The maximum atomic E-state index is 11.1. The SMILES string of the molecule is CCOc1ccc(N=C(NN=Cc2cc([N+](=O)[O-])cc(Br)c2O)c2ccccn2)cc1. The number of amidine groups is 1. The summed E-state index contributed by atoms with van der Waals surface area (Å²) in [4.78, 5) is 19.3. The van der Waals surface area contributed by atoms with Crippen LogP contribution in [0.25, 0.3) is 0 Å². The fourth-order valence-corrected chi connectivity index (χ4v) is 2.99. The Morgan fingerprint density at radius 1 is 1.29 bits per heavy atom. The fourth-order valence-electron chi connectivity index (χ4n) is 2.53. The first-order valence-electron chi connectivity index (χ1n) is 9.17. The molecule has 10 heteroatoms. The van der Waals surface area contributed by atoms with E-state index in [4.69, 9.17) is 4.74 Å². The number of hydrogen-bond acceptors (Lipinski definition) is 7. The molecule has 0 amide bonds. The molecule has 0 unspecified atom stereocenters. The third-order valence-corrected chi connectivity index (χ3v) is 4.56. The average molecular weight is 484 g/mol. The molecule has 0 aliphatic heterocycles. The van der Waals surface area contributed by atoms with Crippen molar-refractivity contribution < 1.29 is 14.8 Å². The number of nitrogens with zero attached hydrogens (tertiary/aromatic N) is 4. The predicted octanol–water partition coefficient (Wildman–Crippen LogP) is 4.56. The van der Waals surface area contributed by atoms with Crippen molar-refractivity contribution in [3.05, 3.63) is 86.6 Å². The summed E-state index contributed by atoms with van der Waals surface area (Å²) in [5.74, 6) is 0.919. The van der Waals surface area contributed by atoms with Crippen LogP contribution in [-0.2, 0) is 0 Å². The van der Waals surface area contributed by atoms with Gasteiger partial charge in [-0.2, -0.15) is 5.10 Å². The number of halogens is 1. The largest absolute Gasteiger partial charge is 0.506 e. The fraction of sp³-hybridized carbons (Fsp3) is 0.0952. The Morgan fingerprint density at radius 3 is 2.71 bits per heavy atom. The van der Waals surface area contributed by atoms with Crippen LogP contribution in [0.4, 0.5) is 11.4 Å². The van der Waals surface area contributed by atoms with E-state index in [1.54, 1.807) is 42.6 Å². The van der Waals surface area contributed by atoms with Gasteiger partial charge in [0.25, 0.3) is 5.69 Å². The Labute approximate surface area is 186 Å². The quantitative estimate of drug-likeness (QED) is 0.220. The summed E-state index contributed by atoms with van der Waals surface area (Å²) in [6, 6.07) is 15.0. The minimum Gasteiger partial charge on any atom is -0.506 e. The molecule has 1 heterocycles. The number of ether oxygens (including phenoxy) is 1. The monoisotopic (exact) mass is 483 g/mol. The van der Waals surface area contributed by atoms with Crippen molar-refractivity contribution in [1.29, 1.82) is 0 Å². The molecule has 3 rings (SSSR count). The summed E-state index contributed by atoms with van der Waals surface area (Å²) in [7, 11) is 0. The molecular weight excluding hydrogens is 466 g/mol. The molecule has 0 aliphatic carbocycles. The molecule has 0 saturated carbocycles. The van der Waals surface area contributed by atoms with Crippen LogP contribution < -0.4 is 10.2 Å². The lowest BCUT2D eigenvalue weighted by molar-refractivity contribution is -0.385. The lowest BCUT2D eigenvalue weighted by Gasteiger charge is -2.07. The summed E-state index contributed by atoms with van der Waals surface area (Å²) in [6.07, 6.45) is 2.89. The van der Waals surface area contributed by atoms with E-state index in [0.717, 1.165) is 5.75 Å². The van der Waals surface area contributed by atoms with E-state index in [1.165, 1.54) is 18.3 Å². The van der Waals surface area contributed by atoms with E-state index in [9.17, 15) is 15.2 Å². The zero-order chi connectivity index (χ0) is 22.2. The van der Waals surface area contributed by atoms with Crippen molar-refractivity contribution in [3.8, 4) is 11.5 Å². The maximum absolute atomic E-state index is 11.1. The molecule has 2 N–H and O–H groups in total. The van der Waals surface area contributed by atoms with Gasteiger partial charge in [0, 0.05) is 23.9 Å². The van der Waals surface area contributed by atoms with E-state index in [2.05, 4.69) is 36.4 Å². The number of nitrogens with one attached hydrogen (secondary N) is 1. The number of hydrazone groups is 1. The molecular formula is C21H18BrN5O4. The number of non-ortho nitro benzene ring substituents is 1. The number of pyridine rings is 1. The molecule has 0 fully saturated rings. The minimum atomic E-state index is -0.554. The zero-order valence-corrected chi connectivity index (χ0v) is 18.0. The number of aromatic nitrogens is 1. The zero-order valence-electron chi connectivity index (χ0n) is 16.4. The third-order valence-electron chi connectivity index (χ3n) is 3.96. The van der Waals surface area contributed by atoms with Gasteiger partial charge in [0.15, 0.2) is 5.84 Å². The number of nitro benzene ring substituents is 1. The summed E-state index contributed by atoms with van der Waals surface area (Å²) in [5, 5.41) is 25.3. The first-order valence-corrected chi connectivity index (χ1v) is 9.96. The van der Waals surface area contributed by atoms with Crippen molar-refractivity contribution in [3.63, 3.8) is 0 Å². The van der Waals surface area contributed by atoms with Crippen molar-refractivity contribution >= 4 is 39.4 Å². The topological polar surface area (TPSA) is 122 Å². The molecule has 1 aromatic heterocycles. The van der Waals surface area contributed by atoms with Gasteiger partial charge in [-0.25, -0.2) is 4.99 Å². The number of rotatable bonds is 7. The lowest BCUT2D eigenvalue weighted by Crippen LogP contribution is -2.20. The van der Waals surface area contributed by atoms with Gasteiger partial charge in [0.05, 0.1) is 27.9 Å². The van der Waals surface area contributed by atoms with E-state index < -0.39 is 4.92 Å². The highest BCUT2D eigenvalue weighted by Gasteiger charge is 2.14. The van der Waals surface area contributed by atoms with Crippen LogP contribution in [-0.4, -0.2) is 33.7 Å². The van der Waals surface area contributed by atoms with E-state index in [-0.39, 0.29) is 21.5 Å². The number of hydrogen-bond donors (Lipinski definition) is 2. The highest BCUT2D eigenvalue weighted by molar-refractivity contribution is 9.10. The number of phenols is 1. The second kappa shape index (κ2) is 10.3. The van der Waals surface area contributed by atoms with Gasteiger partial charge in [-0.1, -0.05) is 6.07 Å². The Morgan fingerprint density at radius 2 is 2.06 bits per heavy atom. The highest BCUT2D eigenvalue weighted by atomic mass is 79.9. The highest BCUT2D eigenvalue weighted by Crippen LogP contribution is 2.31. The molecule has 0 atom stereocenters. The van der Waals surface area contributed by atoms with Gasteiger partial charge in [-0.3, -0.25) is 20.5 Å². The van der Waals surface area contributed by atoms with Gasteiger partial charge < -0.3 is 9.84 Å². The summed E-state index contributed by atoms with van der Waals surface area (Å²) >= 11 is 3.10. The molecule has 0 radical (unpaired) electrons. The smallest absolute Gasteiger partial charge is 0.271 e. The molecule has 2 aromatic carbocycles. The molecule has 3 aromatic rings. The van der Waals surface area contributed by atoms with E-state index in [1.807, 2.05) is 13.0 Å². The number of nitro groups is 1. The molecule has 0 bridgehead atoms. The van der Waals surface area contributed by atoms with E-state index in [0.29, 0.717) is 23.8 Å². The Bertz CT molecular complexity index is 1120. The van der Waals surface area contributed by atoms with Crippen molar-refractivity contribution in [2.24, 2.45) is 10.1 Å². The van der Waals surface area contributed by atoms with Gasteiger partial charge in [0.2, 0.25) is 0 Å².